The van der Waals surface area contributed by atoms with Crippen molar-refractivity contribution in [3.05, 3.63) is 33.8 Å². The number of hydrogen-bond donors (Lipinski definition) is 1. The first kappa shape index (κ1) is 17.1. The van der Waals surface area contributed by atoms with E-state index in [1.807, 2.05) is 0 Å². The summed E-state index contributed by atoms with van der Waals surface area (Å²) in [5.74, 6) is 1.34. The highest BCUT2D eigenvalue weighted by Crippen LogP contribution is 2.27. The second-order valence-corrected chi connectivity index (χ2v) is 8.48. The molecule has 1 N–H and O–H groups in total. The Balaban J connectivity index is 2.36. The van der Waals surface area contributed by atoms with E-state index in [9.17, 15) is 8.42 Å². The first-order valence-corrected chi connectivity index (χ1v) is 9.29. The fraction of sp³-hybridized carbons (Fsp3) is 0.500. The average Bonchev–Trinajstić information content (AvgIpc) is 2.31. The van der Waals surface area contributed by atoms with Crippen molar-refractivity contribution in [3.8, 4) is 0 Å². The van der Waals surface area contributed by atoms with Crippen molar-refractivity contribution in [2.24, 2.45) is 0 Å². The summed E-state index contributed by atoms with van der Waals surface area (Å²) in [6.07, 6.45) is 0. The molecule has 0 atom stereocenters. The van der Waals surface area contributed by atoms with E-state index in [2.05, 4.69) is 4.72 Å². The second kappa shape index (κ2) is 7.74. The van der Waals surface area contributed by atoms with Crippen LogP contribution in [0.3, 0.4) is 0 Å². The fourth-order valence-corrected chi connectivity index (χ4v) is 3.71. The summed E-state index contributed by atoms with van der Waals surface area (Å²) in [4.78, 5) is 0. The lowest BCUT2D eigenvalue weighted by Crippen LogP contribution is -2.32. The van der Waals surface area contributed by atoms with Crippen LogP contribution in [-0.4, -0.2) is 26.0 Å². The Kier molecular flexibility index (Phi) is 6.97. The second-order valence-electron chi connectivity index (χ2n) is 4.24. The third-order valence-corrected chi connectivity index (χ3v) is 6.02. The number of nitrogens with one attached hydrogen (secondary N) is 1. The Hall–Kier alpha value is 0.0600. The van der Waals surface area contributed by atoms with Gasteiger partial charge in [0.05, 0.1) is 5.25 Å². The Bertz CT molecular complexity index is 498. The van der Waals surface area contributed by atoms with Gasteiger partial charge in [0, 0.05) is 28.1 Å². The monoisotopic (exact) mass is 341 g/mol. The lowest BCUT2D eigenvalue weighted by Gasteiger charge is -2.10. The average molecular weight is 342 g/mol. The first-order valence-electron chi connectivity index (χ1n) is 5.83. The predicted molar refractivity (Wildman–Crippen MR) is 84.7 cm³/mol. The highest BCUT2D eigenvalue weighted by atomic mass is 35.5. The van der Waals surface area contributed by atoms with Crippen LogP contribution < -0.4 is 4.72 Å². The van der Waals surface area contributed by atoms with Crippen molar-refractivity contribution in [1.29, 1.82) is 0 Å². The molecule has 0 radical (unpaired) electrons. The van der Waals surface area contributed by atoms with Gasteiger partial charge in [-0.1, -0.05) is 29.3 Å². The molecule has 0 fully saturated rings. The number of hydrogen-bond acceptors (Lipinski definition) is 3. The first-order chi connectivity index (χ1) is 8.84. The fourth-order valence-electron chi connectivity index (χ4n) is 1.27. The zero-order valence-corrected chi connectivity index (χ0v) is 14.0. The quantitative estimate of drug-likeness (QED) is 0.771. The highest BCUT2D eigenvalue weighted by molar-refractivity contribution is 7.98. The van der Waals surface area contributed by atoms with Crippen molar-refractivity contribution in [2.45, 2.75) is 24.9 Å². The molecule has 108 valence electrons. The van der Waals surface area contributed by atoms with E-state index in [4.69, 9.17) is 23.2 Å². The van der Waals surface area contributed by atoms with Gasteiger partial charge in [-0.2, -0.15) is 11.8 Å². The molecule has 0 unspecified atom stereocenters. The van der Waals surface area contributed by atoms with E-state index < -0.39 is 15.3 Å². The summed E-state index contributed by atoms with van der Waals surface area (Å²) in [5, 5.41) is 0.876. The summed E-state index contributed by atoms with van der Waals surface area (Å²) >= 11 is 13.7. The molecule has 1 rings (SSSR count). The Labute approximate surface area is 129 Å². The van der Waals surface area contributed by atoms with Crippen LogP contribution in [0.4, 0.5) is 0 Å². The minimum atomic E-state index is -3.18. The third kappa shape index (κ3) is 5.52. The molecule has 0 aliphatic rings. The summed E-state index contributed by atoms with van der Waals surface area (Å²) in [6.45, 7) is 3.71. The zero-order chi connectivity index (χ0) is 14.5. The summed E-state index contributed by atoms with van der Waals surface area (Å²) in [6, 6.07) is 5.39. The largest absolute Gasteiger partial charge is 0.214 e. The minimum absolute atomic E-state index is 0.407. The van der Waals surface area contributed by atoms with Gasteiger partial charge in [0.15, 0.2) is 0 Å². The maximum Gasteiger partial charge on any atom is 0.213 e. The van der Waals surface area contributed by atoms with E-state index in [0.717, 1.165) is 5.56 Å². The molecule has 1 aromatic carbocycles. The molecular weight excluding hydrogens is 325 g/mol. The van der Waals surface area contributed by atoms with Crippen molar-refractivity contribution < 1.29 is 8.42 Å². The number of benzene rings is 1. The molecule has 0 amide bonds. The van der Waals surface area contributed by atoms with Gasteiger partial charge in [0.1, 0.15) is 0 Å². The molecule has 0 heterocycles. The van der Waals surface area contributed by atoms with Gasteiger partial charge in [0.25, 0.3) is 0 Å². The van der Waals surface area contributed by atoms with Crippen molar-refractivity contribution in [2.75, 3.05) is 12.3 Å². The number of halogens is 2. The van der Waals surface area contributed by atoms with E-state index in [-0.39, 0.29) is 0 Å². The van der Waals surface area contributed by atoms with Crippen molar-refractivity contribution in [3.63, 3.8) is 0 Å². The molecule has 0 saturated carbocycles. The van der Waals surface area contributed by atoms with Crippen LogP contribution in [-0.2, 0) is 15.8 Å². The Morgan fingerprint density at radius 2 is 1.84 bits per heavy atom. The number of thioether (sulfide) groups is 1. The van der Waals surface area contributed by atoms with Gasteiger partial charge in [-0.05, 0) is 31.5 Å². The maximum atomic E-state index is 11.5. The predicted octanol–water partition coefficient (Wildman–Crippen LogP) is 3.55. The molecule has 19 heavy (non-hydrogen) atoms. The number of sulfonamides is 1. The lowest BCUT2D eigenvalue weighted by molar-refractivity contribution is 0.575. The molecule has 0 aromatic heterocycles. The van der Waals surface area contributed by atoms with E-state index >= 15 is 0 Å². The zero-order valence-electron chi connectivity index (χ0n) is 10.8. The minimum Gasteiger partial charge on any atom is -0.214 e. The molecular formula is C12H17Cl2NO2S2. The van der Waals surface area contributed by atoms with Crippen LogP contribution in [0.25, 0.3) is 0 Å². The third-order valence-electron chi connectivity index (χ3n) is 2.48. The molecule has 0 aliphatic heterocycles. The van der Waals surface area contributed by atoms with Crippen LogP contribution in [0.5, 0.6) is 0 Å². The molecule has 0 saturated heterocycles. The molecule has 7 heteroatoms. The molecule has 3 nitrogen and oxygen atoms in total. The summed E-state index contributed by atoms with van der Waals surface area (Å²) in [7, 11) is -3.18. The Morgan fingerprint density at radius 1 is 1.26 bits per heavy atom. The van der Waals surface area contributed by atoms with Crippen LogP contribution >= 0.6 is 35.0 Å². The SMILES string of the molecule is CC(C)S(=O)(=O)NCCSCc1c(Cl)cccc1Cl. The van der Waals surface area contributed by atoms with Gasteiger partial charge in [-0.25, -0.2) is 13.1 Å². The molecule has 0 spiro atoms. The Morgan fingerprint density at radius 3 is 2.37 bits per heavy atom. The van der Waals surface area contributed by atoms with E-state index in [0.29, 0.717) is 28.1 Å². The van der Waals surface area contributed by atoms with Gasteiger partial charge >= 0.3 is 0 Å². The molecule has 0 aliphatic carbocycles. The van der Waals surface area contributed by atoms with E-state index in [1.165, 1.54) is 0 Å². The highest BCUT2D eigenvalue weighted by Gasteiger charge is 2.14. The van der Waals surface area contributed by atoms with E-state index in [1.54, 1.807) is 43.8 Å². The topological polar surface area (TPSA) is 46.2 Å². The summed E-state index contributed by atoms with van der Waals surface area (Å²) in [5.41, 5.74) is 0.891. The smallest absolute Gasteiger partial charge is 0.213 e. The maximum absolute atomic E-state index is 11.5. The standard InChI is InChI=1S/C12H17Cl2NO2S2/c1-9(2)19(16,17)15-6-7-18-8-10-11(13)4-3-5-12(10)14/h3-5,9,15H,6-8H2,1-2H3. The van der Waals surface area contributed by atoms with Crippen LogP contribution in [0, 0.1) is 0 Å². The normalized spacial score (nSPS) is 12.1. The number of rotatable bonds is 7. The lowest BCUT2D eigenvalue weighted by atomic mass is 10.2. The summed E-state index contributed by atoms with van der Waals surface area (Å²) < 4.78 is 25.6. The van der Waals surface area contributed by atoms with Crippen molar-refractivity contribution >= 4 is 45.0 Å². The van der Waals surface area contributed by atoms with Gasteiger partial charge in [-0.3, -0.25) is 0 Å². The van der Waals surface area contributed by atoms with Crippen LogP contribution in [0.15, 0.2) is 18.2 Å². The van der Waals surface area contributed by atoms with Gasteiger partial charge in [0.2, 0.25) is 10.0 Å². The van der Waals surface area contributed by atoms with Crippen molar-refractivity contribution in [1.82, 2.24) is 4.72 Å². The molecule has 0 bridgehead atoms. The van der Waals surface area contributed by atoms with Gasteiger partial charge in [-0.15, -0.1) is 0 Å². The van der Waals surface area contributed by atoms with Crippen LogP contribution in [0.2, 0.25) is 10.0 Å². The molecule has 1 aromatic rings. The van der Waals surface area contributed by atoms with Crippen LogP contribution in [0.1, 0.15) is 19.4 Å². The van der Waals surface area contributed by atoms with Gasteiger partial charge < -0.3 is 0 Å².